The highest BCUT2D eigenvalue weighted by atomic mass is 16.5. The third kappa shape index (κ3) is 4.06. The molecule has 0 saturated carbocycles. The van der Waals surface area contributed by atoms with Gasteiger partial charge in [-0.1, -0.05) is 53.6 Å². The number of phenols is 1. The molecule has 0 aliphatic heterocycles. The topological polar surface area (TPSA) is 66.5 Å². The van der Waals surface area contributed by atoms with E-state index in [1.54, 1.807) is 0 Å². The molecular formula is C21H31NO3. The smallest absolute Gasteiger partial charge is 0.142 e. The van der Waals surface area contributed by atoms with Crippen molar-refractivity contribution >= 4 is 0 Å². The summed E-state index contributed by atoms with van der Waals surface area (Å²) in [6.07, 6.45) is -0.741. The molecule has 0 saturated heterocycles. The molecule has 0 radical (unpaired) electrons. The number of rotatable bonds is 3. The highest BCUT2D eigenvalue weighted by Gasteiger charge is 2.30. The summed E-state index contributed by atoms with van der Waals surface area (Å²) in [5.41, 5.74) is 2.81. The average molecular weight is 345 g/mol. The van der Waals surface area contributed by atoms with Gasteiger partial charge >= 0.3 is 0 Å². The summed E-state index contributed by atoms with van der Waals surface area (Å²) in [4.78, 5) is 0. The van der Waals surface area contributed by atoms with Gasteiger partial charge in [-0.15, -0.1) is 0 Å². The Balaban J connectivity index is 2.57. The number of benzene rings is 1. The van der Waals surface area contributed by atoms with Gasteiger partial charge in [-0.05, 0) is 46.6 Å². The first-order valence-electron chi connectivity index (χ1n) is 8.81. The first-order chi connectivity index (χ1) is 11.3. The lowest BCUT2D eigenvalue weighted by Gasteiger charge is -2.29. The summed E-state index contributed by atoms with van der Waals surface area (Å²) < 4.78 is 5.33. The molecule has 2 unspecified atom stereocenters. The Morgan fingerprint density at radius 1 is 0.960 bits per heavy atom. The first kappa shape index (κ1) is 19.5. The van der Waals surface area contributed by atoms with Crippen LogP contribution < -0.4 is 0 Å². The second kappa shape index (κ2) is 6.49. The van der Waals surface area contributed by atoms with Crippen LogP contribution in [0.1, 0.15) is 88.6 Å². The molecule has 0 amide bonds. The number of hydrogen-bond acceptors (Lipinski definition) is 4. The lowest BCUT2D eigenvalue weighted by molar-refractivity contribution is 0.137. The minimum Gasteiger partial charge on any atom is -0.507 e. The fourth-order valence-electron chi connectivity index (χ4n) is 3.01. The highest BCUT2D eigenvalue weighted by Crippen LogP contribution is 2.42. The molecule has 138 valence electrons. The van der Waals surface area contributed by atoms with Gasteiger partial charge in [0.2, 0.25) is 0 Å². The molecule has 25 heavy (non-hydrogen) atoms. The highest BCUT2D eigenvalue weighted by molar-refractivity contribution is 5.50. The van der Waals surface area contributed by atoms with Crippen molar-refractivity contribution in [2.24, 2.45) is 0 Å². The Hall–Kier alpha value is -1.81. The Morgan fingerprint density at radius 3 is 1.80 bits per heavy atom. The molecule has 0 aliphatic rings. The molecule has 0 spiro atoms. The molecule has 1 heterocycles. The zero-order valence-electron chi connectivity index (χ0n) is 16.6. The van der Waals surface area contributed by atoms with E-state index in [9.17, 15) is 10.2 Å². The number of phenolic OH excluding ortho intramolecular Hbond substituents is 1. The lowest BCUT2D eigenvalue weighted by Crippen LogP contribution is -2.19. The molecule has 1 aromatic heterocycles. The van der Waals surface area contributed by atoms with Crippen LogP contribution >= 0.6 is 0 Å². The number of hydrogen-bond donors (Lipinski definition) is 2. The van der Waals surface area contributed by atoms with Gasteiger partial charge in [0.05, 0.1) is 11.8 Å². The third-order valence-electron chi connectivity index (χ3n) is 4.66. The van der Waals surface area contributed by atoms with Gasteiger partial charge in [0, 0.05) is 12.0 Å². The SMILES string of the molecule is Cc1cc(C(C)C(O)c2cc(C(C)(C)C)c(O)c(C(C)(C)C)c2)on1. The van der Waals surface area contributed by atoms with Crippen LogP contribution in [-0.2, 0) is 10.8 Å². The minimum absolute atomic E-state index is 0.230. The number of aryl methyl sites for hydroxylation is 1. The van der Waals surface area contributed by atoms with Crippen LogP contribution in [0.25, 0.3) is 0 Å². The van der Waals surface area contributed by atoms with Crippen molar-refractivity contribution in [3.63, 3.8) is 0 Å². The summed E-state index contributed by atoms with van der Waals surface area (Å²) >= 11 is 0. The van der Waals surface area contributed by atoms with Crippen molar-refractivity contribution < 1.29 is 14.7 Å². The van der Waals surface area contributed by atoms with E-state index in [0.717, 1.165) is 22.4 Å². The summed E-state index contributed by atoms with van der Waals surface area (Å²) in [5.74, 6) is 0.748. The molecule has 2 N–H and O–H groups in total. The van der Waals surface area contributed by atoms with E-state index < -0.39 is 6.10 Å². The zero-order chi connectivity index (χ0) is 19.2. The number of nitrogens with zero attached hydrogens (tertiary/aromatic N) is 1. The van der Waals surface area contributed by atoms with Crippen molar-refractivity contribution in [3.8, 4) is 5.75 Å². The third-order valence-corrected chi connectivity index (χ3v) is 4.66. The summed E-state index contributed by atoms with van der Waals surface area (Å²) in [6, 6.07) is 5.67. The molecule has 1 aromatic carbocycles. The van der Waals surface area contributed by atoms with Gasteiger partial charge in [0.15, 0.2) is 0 Å². The second-order valence-corrected chi connectivity index (χ2v) is 9.07. The maximum Gasteiger partial charge on any atom is 0.142 e. The maximum absolute atomic E-state index is 11.0. The van der Waals surface area contributed by atoms with Crippen molar-refractivity contribution in [1.82, 2.24) is 5.16 Å². The van der Waals surface area contributed by atoms with E-state index in [0.29, 0.717) is 11.5 Å². The molecule has 0 aliphatic carbocycles. The van der Waals surface area contributed by atoms with Gasteiger partial charge < -0.3 is 14.7 Å². The van der Waals surface area contributed by atoms with Gasteiger partial charge in [-0.25, -0.2) is 0 Å². The quantitative estimate of drug-likeness (QED) is 0.810. The molecule has 2 aromatic rings. The van der Waals surface area contributed by atoms with E-state index in [1.807, 2.05) is 32.0 Å². The predicted octanol–water partition coefficient (Wildman–Crippen LogP) is 5.12. The molecule has 0 bridgehead atoms. The van der Waals surface area contributed by atoms with Gasteiger partial charge in [0.1, 0.15) is 11.5 Å². The maximum atomic E-state index is 11.0. The Bertz CT molecular complexity index is 712. The predicted molar refractivity (Wildman–Crippen MR) is 100 cm³/mol. The lowest BCUT2D eigenvalue weighted by atomic mass is 9.77. The van der Waals surface area contributed by atoms with Gasteiger partial charge in [0.25, 0.3) is 0 Å². The normalized spacial score (nSPS) is 15.2. The van der Waals surface area contributed by atoms with Crippen LogP contribution in [0.3, 0.4) is 0 Å². The van der Waals surface area contributed by atoms with Crippen LogP contribution in [0, 0.1) is 6.92 Å². The molecule has 2 atom stereocenters. The van der Waals surface area contributed by atoms with Crippen molar-refractivity contribution in [1.29, 1.82) is 0 Å². The van der Waals surface area contributed by atoms with Crippen molar-refractivity contribution in [3.05, 3.63) is 46.3 Å². The van der Waals surface area contributed by atoms with E-state index in [1.165, 1.54) is 0 Å². The van der Waals surface area contributed by atoms with Crippen LogP contribution in [0.2, 0.25) is 0 Å². The molecule has 0 fully saturated rings. The Labute approximate surface area is 150 Å². The minimum atomic E-state index is -0.741. The number of aromatic nitrogens is 1. The monoisotopic (exact) mass is 345 g/mol. The number of aliphatic hydroxyl groups excluding tert-OH is 1. The van der Waals surface area contributed by atoms with Crippen molar-refractivity contribution in [2.45, 2.75) is 78.2 Å². The first-order valence-corrected chi connectivity index (χ1v) is 8.81. The van der Waals surface area contributed by atoms with Gasteiger partial charge in [-0.3, -0.25) is 0 Å². The second-order valence-electron chi connectivity index (χ2n) is 9.07. The summed E-state index contributed by atoms with van der Waals surface area (Å²) in [7, 11) is 0. The van der Waals surface area contributed by atoms with Gasteiger partial charge in [-0.2, -0.15) is 0 Å². The summed E-state index contributed by atoms with van der Waals surface area (Å²) in [5, 5.41) is 25.7. The van der Waals surface area contributed by atoms with Crippen LogP contribution in [0.4, 0.5) is 0 Å². The van der Waals surface area contributed by atoms with Crippen molar-refractivity contribution in [2.75, 3.05) is 0 Å². The fraction of sp³-hybridized carbons (Fsp3) is 0.571. The number of aromatic hydroxyl groups is 1. The van der Waals surface area contributed by atoms with Crippen LogP contribution in [-0.4, -0.2) is 15.4 Å². The van der Waals surface area contributed by atoms with E-state index in [4.69, 9.17) is 4.52 Å². The largest absolute Gasteiger partial charge is 0.507 e. The zero-order valence-corrected chi connectivity index (χ0v) is 16.6. The molecular weight excluding hydrogens is 314 g/mol. The standard InChI is InChI=1S/C21H31NO3/c1-12-9-17(25-22-12)13(2)18(23)14-10-15(20(3,4)5)19(24)16(11-14)21(6,7)8/h9-11,13,18,23-24H,1-8H3. The fourth-order valence-corrected chi connectivity index (χ4v) is 3.01. The van der Waals surface area contributed by atoms with E-state index in [-0.39, 0.29) is 16.7 Å². The molecule has 4 nitrogen and oxygen atoms in total. The van der Waals surface area contributed by atoms with Crippen LogP contribution in [0.15, 0.2) is 22.7 Å². The Morgan fingerprint density at radius 2 is 1.44 bits per heavy atom. The van der Waals surface area contributed by atoms with Crippen LogP contribution in [0.5, 0.6) is 5.75 Å². The van der Waals surface area contributed by atoms with E-state index in [2.05, 4.69) is 46.7 Å². The molecule has 2 rings (SSSR count). The van der Waals surface area contributed by atoms with E-state index >= 15 is 0 Å². The number of aliphatic hydroxyl groups is 1. The Kier molecular flexibility index (Phi) is 5.06. The summed E-state index contributed by atoms with van der Waals surface area (Å²) in [6.45, 7) is 16.2. The molecule has 4 heteroatoms. The average Bonchev–Trinajstić information content (AvgIpc) is 2.90.